The predicted molar refractivity (Wildman–Crippen MR) is 104 cm³/mol. The molecule has 0 aliphatic heterocycles. The lowest BCUT2D eigenvalue weighted by Gasteiger charge is -2.19. The van der Waals surface area contributed by atoms with Crippen LogP contribution in [0.1, 0.15) is 18.1 Å². The van der Waals surface area contributed by atoms with Crippen LogP contribution in [0.4, 0.5) is 13.2 Å². The molecule has 0 spiro atoms. The molecule has 0 bridgehead atoms. The van der Waals surface area contributed by atoms with Gasteiger partial charge < -0.3 is 4.74 Å². The van der Waals surface area contributed by atoms with Gasteiger partial charge in [-0.25, -0.2) is 4.21 Å². The maximum absolute atomic E-state index is 13.8. The fraction of sp³-hybridized carbons (Fsp3) is 0.136. The molecule has 0 aliphatic carbocycles. The number of rotatable bonds is 4. The molecule has 0 aliphatic rings. The Morgan fingerprint density at radius 2 is 1.59 bits per heavy atom. The molecular formula is C22H17F3O3S. The van der Waals surface area contributed by atoms with Gasteiger partial charge in [-0.3, -0.25) is 4.79 Å². The third kappa shape index (κ3) is 4.56. The fourth-order valence-corrected chi connectivity index (χ4v) is 4.15. The van der Waals surface area contributed by atoms with Gasteiger partial charge in [0.05, 0.1) is 21.3 Å². The minimum atomic E-state index is -4.69. The molecule has 150 valence electrons. The van der Waals surface area contributed by atoms with Gasteiger partial charge in [0.15, 0.2) is 0 Å². The summed E-state index contributed by atoms with van der Waals surface area (Å²) in [6.45, 7) is 3.02. The molecule has 0 saturated carbocycles. The molecule has 0 fully saturated rings. The van der Waals surface area contributed by atoms with Crippen LogP contribution in [-0.4, -0.2) is 10.2 Å². The van der Waals surface area contributed by atoms with E-state index in [0.717, 1.165) is 18.6 Å². The Bertz CT molecular complexity index is 1070. The zero-order chi connectivity index (χ0) is 21.2. The van der Waals surface area contributed by atoms with Crippen LogP contribution in [0, 0.1) is 6.92 Å². The molecule has 0 radical (unpaired) electrons. The first kappa shape index (κ1) is 20.8. The van der Waals surface area contributed by atoms with Crippen LogP contribution in [0.2, 0.25) is 0 Å². The van der Waals surface area contributed by atoms with Crippen molar-refractivity contribution in [2.75, 3.05) is 0 Å². The summed E-state index contributed by atoms with van der Waals surface area (Å²) in [4.78, 5) is 11.8. The van der Waals surface area contributed by atoms with Gasteiger partial charge in [-0.15, -0.1) is 0 Å². The highest BCUT2D eigenvalue weighted by Gasteiger charge is 2.36. The average molecular weight is 418 g/mol. The summed E-state index contributed by atoms with van der Waals surface area (Å²) < 4.78 is 59.8. The summed E-state index contributed by atoms with van der Waals surface area (Å²) >= 11 is 0. The lowest BCUT2D eigenvalue weighted by atomic mass is 9.98. The normalized spacial score (nSPS) is 12.4. The molecule has 3 aromatic carbocycles. The van der Waals surface area contributed by atoms with Gasteiger partial charge in [-0.05, 0) is 37.3 Å². The van der Waals surface area contributed by atoms with E-state index in [1.807, 2.05) is 6.92 Å². The van der Waals surface area contributed by atoms with Gasteiger partial charge in [0.25, 0.3) is 0 Å². The van der Waals surface area contributed by atoms with Crippen molar-refractivity contribution in [3.63, 3.8) is 0 Å². The fourth-order valence-electron chi connectivity index (χ4n) is 2.91. The van der Waals surface area contributed by atoms with Crippen LogP contribution >= 0.6 is 0 Å². The van der Waals surface area contributed by atoms with Crippen molar-refractivity contribution >= 4 is 16.8 Å². The van der Waals surface area contributed by atoms with Crippen LogP contribution < -0.4 is 4.74 Å². The minimum absolute atomic E-state index is 0.0109. The third-order valence-electron chi connectivity index (χ3n) is 4.18. The summed E-state index contributed by atoms with van der Waals surface area (Å²) in [5, 5.41) is 0. The third-order valence-corrected chi connectivity index (χ3v) is 5.62. The van der Waals surface area contributed by atoms with E-state index >= 15 is 0 Å². The minimum Gasteiger partial charge on any atom is -0.426 e. The number of para-hydroxylation sites is 1. The molecule has 1 atom stereocenters. The second-order valence-electron chi connectivity index (χ2n) is 6.35. The highest BCUT2D eigenvalue weighted by atomic mass is 32.2. The molecule has 0 N–H and O–H groups in total. The van der Waals surface area contributed by atoms with Crippen LogP contribution in [0.3, 0.4) is 0 Å². The molecule has 3 rings (SSSR count). The van der Waals surface area contributed by atoms with Crippen LogP contribution in [-0.2, 0) is 21.8 Å². The van der Waals surface area contributed by atoms with Gasteiger partial charge in [-0.2, -0.15) is 13.2 Å². The van der Waals surface area contributed by atoms with E-state index < -0.39 is 28.5 Å². The Hall–Kier alpha value is -2.93. The molecule has 3 aromatic rings. The summed E-state index contributed by atoms with van der Waals surface area (Å²) in [6.07, 6.45) is -4.69. The van der Waals surface area contributed by atoms with Crippen molar-refractivity contribution < 1.29 is 26.9 Å². The molecule has 0 heterocycles. The van der Waals surface area contributed by atoms with Gasteiger partial charge in [0.1, 0.15) is 5.75 Å². The molecule has 7 heteroatoms. The highest BCUT2D eigenvalue weighted by molar-refractivity contribution is 7.85. The van der Waals surface area contributed by atoms with E-state index in [4.69, 9.17) is 4.74 Å². The molecule has 29 heavy (non-hydrogen) atoms. The first-order chi connectivity index (χ1) is 13.7. The first-order valence-electron chi connectivity index (χ1n) is 8.65. The summed E-state index contributed by atoms with van der Waals surface area (Å²) in [7, 11) is -1.87. The number of esters is 1. The van der Waals surface area contributed by atoms with Crippen molar-refractivity contribution in [2.45, 2.75) is 29.8 Å². The molecule has 1 unspecified atom stereocenters. The van der Waals surface area contributed by atoms with Crippen LogP contribution in [0.5, 0.6) is 5.75 Å². The SMILES string of the molecule is CC(=O)Oc1ccccc1-c1c(S(=O)c2ccc(C)cc2)cccc1C(F)(F)F. The monoisotopic (exact) mass is 418 g/mol. The smallest absolute Gasteiger partial charge is 0.417 e. The topological polar surface area (TPSA) is 43.4 Å². The Labute approximate surface area is 168 Å². The van der Waals surface area contributed by atoms with Crippen LogP contribution in [0.25, 0.3) is 11.1 Å². The molecule has 0 aromatic heterocycles. The van der Waals surface area contributed by atoms with E-state index in [0.29, 0.717) is 4.90 Å². The summed E-state index contributed by atoms with van der Waals surface area (Å²) in [6, 6.07) is 16.2. The number of carbonyl (C=O) groups is 1. The molecule has 0 saturated heterocycles. The number of hydrogen-bond donors (Lipinski definition) is 0. The Morgan fingerprint density at radius 1 is 0.931 bits per heavy atom. The molecular weight excluding hydrogens is 401 g/mol. The number of carbonyl (C=O) groups excluding carboxylic acids is 1. The molecule has 3 nitrogen and oxygen atoms in total. The van der Waals surface area contributed by atoms with Crippen molar-refractivity contribution in [3.05, 3.63) is 77.9 Å². The van der Waals surface area contributed by atoms with Crippen molar-refractivity contribution in [2.24, 2.45) is 0 Å². The highest BCUT2D eigenvalue weighted by Crippen LogP contribution is 2.44. The van der Waals surface area contributed by atoms with E-state index in [2.05, 4.69) is 0 Å². The number of halogens is 3. The van der Waals surface area contributed by atoms with Gasteiger partial charge in [0, 0.05) is 22.9 Å². The van der Waals surface area contributed by atoms with Crippen molar-refractivity contribution in [3.8, 4) is 16.9 Å². The maximum atomic E-state index is 13.8. The van der Waals surface area contributed by atoms with E-state index in [1.54, 1.807) is 30.3 Å². The Balaban J connectivity index is 2.29. The zero-order valence-corrected chi connectivity index (χ0v) is 16.4. The first-order valence-corrected chi connectivity index (χ1v) is 9.80. The second-order valence-corrected chi connectivity index (χ2v) is 7.80. The van der Waals surface area contributed by atoms with Crippen molar-refractivity contribution in [1.82, 2.24) is 0 Å². The van der Waals surface area contributed by atoms with Gasteiger partial charge in [-0.1, -0.05) is 42.0 Å². The number of aryl methyl sites for hydroxylation is 1. The maximum Gasteiger partial charge on any atom is 0.417 e. The number of alkyl halides is 3. The second kappa shape index (κ2) is 8.21. The summed E-state index contributed by atoms with van der Waals surface area (Å²) in [5.41, 5.74) is -0.230. The van der Waals surface area contributed by atoms with Gasteiger partial charge in [0.2, 0.25) is 0 Å². The standard InChI is InChI=1S/C22H17F3O3S/c1-14-10-12-16(13-11-14)29(27)20-9-5-7-18(22(23,24)25)21(20)17-6-3-4-8-19(17)28-15(2)26/h3-13H,1-2H3. The average Bonchev–Trinajstić information content (AvgIpc) is 2.67. The zero-order valence-electron chi connectivity index (χ0n) is 15.6. The van der Waals surface area contributed by atoms with E-state index in [1.165, 1.54) is 30.3 Å². The van der Waals surface area contributed by atoms with E-state index in [-0.39, 0.29) is 21.8 Å². The lowest BCUT2D eigenvalue weighted by molar-refractivity contribution is -0.137. The Kier molecular flexibility index (Phi) is 5.88. The van der Waals surface area contributed by atoms with E-state index in [9.17, 15) is 22.2 Å². The Morgan fingerprint density at radius 3 is 2.21 bits per heavy atom. The summed E-state index contributed by atoms with van der Waals surface area (Å²) in [5.74, 6) is -0.693. The number of ether oxygens (including phenoxy) is 1. The lowest BCUT2D eigenvalue weighted by Crippen LogP contribution is -2.11. The molecule has 0 amide bonds. The van der Waals surface area contributed by atoms with Gasteiger partial charge >= 0.3 is 12.1 Å². The van der Waals surface area contributed by atoms with Crippen LogP contribution in [0.15, 0.2) is 76.5 Å². The van der Waals surface area contributed by atoms with Crippen molar-refractivity contribution in [1.29, 1.82) is 0 Å². The predicted octanol–water partition coefficient (Wildman–Crippen LogP) is 5.77. The number of hydrogen-bond acceptors (Lipinski definition) is 3. The largest absolute Gasteiger partial charge is 0.426 e. The number of benzene rings is 3. The quantitative estimate of drug-likeness (QED) is 0.399.